The van der Waals surface area contributed by atoms with Gasteiger partial charge in [-0.15, -0.1) is 0 Å². The maximum atomic E-state index is 10.6. The maximum absolute atomic E-state index is 10.6. The fourth-order valence-electron chi connectivity index (χ4n) is 0.452. The third kappa shape index (κ3) is 0.829. The molecule has 0 amide bonds. The van der Waals surface area contributed by atoms with Crippen LogP contribution in [0.2, 0.25) is 0 Å². The summed E-state index contributed by atoms with van der Waals surface area (Å²) in [5, 5.41) is 0. The summed E-state index contributed by atoms with van der Waals surface area (Å²) in [5.41, 5.74) is 0. The van der Waals surface area contributed by atoms with Crippen molar-refractivity contribution >= 4 is 11.3 Å². The van der Waals surface area contributed by atoms with Gasteiger partial charge in [0.2, 0.25) is 0 Å². The summed E-state index contributed by atoms with van der Waals surface area (Å²) in [6.45, 7) is 0. The van der Waals surface area contributed by atoms with Gasteiger partial charge >= 0.3 is 9.75 Å². The van der Waals surface area contributed by atoms with E-state index in [2.05, 4.69) is 0 Å². The Kier molecular flexibility index (Phi) is 1.28. The first-order valence-corrected chi connectivity index (χ1v) is 3.17. The number of hydrogen-bond donors (Lipinski definition) is 0. The summed E-state index contributed by atoms with van der Waals surface area (Å²) in [7, 11) is 3.11. The van der Waals surface area contributed by atoms with E-state index in [0.717, 1.165) is 0 Å². The molecule has 9 heavy (non-hydrogen) atoms. The molecule has 0 aliphatic carbocycles. The summed E-state index contributed by atoms with van der Waals surface area (Å²) in [6.07, 6.45) is 0. The fraction of sp³-hybridized carbons (Fsp3) is 0.500. The van der Waals surface area contributed by atoms with Gasteiger partial charge in [-0.3, -0.25) is 9.59 Å². The van der Waals surface area contributed by atoms with Crippen LogP contribution in [-0.2, 0) is 14.1 Å². The van der Waals surface area contributed by atoms with E-state index in [1.54, 1.807) is 14.1 Å². The van der Waals surface area contributed by atoms with Crippen molar-refractivity contribution in [2.75, 3.05) is 0 Å². The quantitative estimate of drug-likeness (QED) is 0.478. The Balaban J connectivity index is 3.67. The van der Waals surface area contributed by atoms with Gasteiger partial charge in [-0.1, -0.05) is 0 Å². The third-order valence-electron chi connectivity index (χ3n) is 1.15. The summed E-state index contributed by atoms with van der Waals surface area (Å²) in [5.74, 6) is 0. The first kappa shape index (κ1) is 6.28. The molecule has 1 aromatic rings. The predicted octanol–water partition coefficient (Wildman–Crippen LogP) is -0.855. The van der Waals surface area contributed by atoms with Crippen molar-refractivity contribution in [2.24, 2.45) is 14.1 Å². The molecule has 0 aromatic carbocycles. The first-order valence-electron chi connectivity index (χ1n) is 2.36. The highest BCUT2D eigenvalue weighted by Crippen LogP contribution is 1.72. The van der Waals surface area contributed by atoms with E-state index in [4.69, 9.17) is 0 Å². The van der Waals surface area contributed by atoms with E-state index in [1.807, 2.05) is 0 Å². The highest BCUT2D eigenvalue weighted by Gasteiger charge is 1.98. The molecule has 1 rings (SSSR count). The molecule has 0 aliphatic heterocycles. The summed E-state index contributed by atoms with van der Waals surface area (Å²) < 4.78 is 2.54. The van der Waals surface area contributed by atoms with Crippen LogP contribution in [0.25, 0.3) is 0 Å². The Hall–Kier alpha value is -0.840. The number of nitrogens with zero attached hydrogens (tertiary/aromatic N) is 2. The molecule has 50 valence electrons. The van der Waals surface area contributed by atoms with Gasteiger partial charge in [-0.05, 0) is 11.3 Å². The van der Waals surface area contributed by atoms with Crippen molar-refractivity contribution < 1.29 is 0 Å². The van der Waals surface area contributed by atoms with Gasteiger partial charge in [-0.25, -0.2) is 9.36 Å². The zero-order valence-electron chi connectivity index (χ0n) is 5.12. The maximum Gasteiger partial charge on any atom is 0.326 e. The zero-order chi connectivity index (χ0) is 7.02. The molecule has 0 saturated heterocycles. The molecule has 0 atom stereocenters. The molecule has 0 aliphatic rings. The minimum absolute atomic E-state index is 0.220. The fourth-order valence-corrected chi connectivity index (χ4v) is 1.11. The van der Waals surface area contributed by atoms with Gasteiger partial charge in [0.1, 0.15) is 0 Å². The smallest absolute Gasteiger partial charge is 0.255 e. The van der Waals surface area contributed by atoms with Crippen LogP contribution in [0.3, 0.4) is 0 Å². The molecule has 5 heteroatoms. The summed E-state index contributed by atoms with van der Waals surface area (Å²) >= 11 is 0.711. The van der Waals surface area contributed by atoms with Crippen LogP contribution >= 0.6 is 11.3 Å². The van der Waals surface area contributed by atoms with Crippen LogP contribution in [0.15, 0.2) is 9.59 Å². The molecule has 0 N–H and O–H groups in total. The topological polar surface area (TPSA) is 44.0 Å². The molecule has 0 bridgehead atoms. The van der Waals surface area contributed by atoms with E-state index in [1.165, 1.54) is 9.36 Å². The molecule has 0 radical (unpaired) electrons. The van der Waals surface area contributed by atoms with E-state index >= 15 is 0 Å². The van der Waals surface area contributed by atoms with Crippen LogP contribution in [0, 0.1) is 0 Å². The minimum Gasteiger partial charge on any atom is -0.255 e. The minimum atomic E-state index is -0.220. The summed E-state index contributed by atoms with van der Waals surface area (Å²) in [6, 6.07) is 0. The van der Waals surface area contributed by atoms with Crippen molar-refractivity contribution in [1.82, 2.24) is 9.36 Å². The van der Waals surface area contributed by atoms with Crippen molar-refractivity contribution in [2.45, 2.75) is 0 Å². The normalized spacial score (nSPS) is 10.0. The number of rotatable bonds is 0. The molecular weight excluding hydrogens is 140 g/mol. The lowest BCUT2D eigenvalue weighted by atomic mass is 11.2. The van der Waals surface area contributed by atoms with E-state index in [0.29, 0.717) is 11.3 Å². The lowest BCUT2D eigenvalue weighted by molar-refractivity contribution is 0.565. The molecular formula is C4H6N2O2S. The SMILES string of the molecule is Cn1c(=O)sc(=O)n1C. The second-order valence-corrected chi connectivity index (χ2v) is 2.58. The molecule has 4 nitrogen and oxygen atoms in total. The van der Waals surface area contributed by atoms with Crippen LogP contribution in [-0.4, -0.2) is 9.36 Å². The number of aromatic nitrogens is 2. The largest absolute Gasteiger partial charge is 0.326 e. The standard InChI is InChI=1S/C4H6N2O2S/c1-5-3(7)9-4(8)6(5)2/h1-2H3. The Morgan fingerprint density at radius 3 is 1.56 bits per heavy atom. The lowest BCUT2D eigenvalue weighted by Crippen LogP contribution is -2.20. The van der Waals surface area contributed by atoms with Crippen LogP contribution in [0.4, 0.5) is 0 Å². The summed E-state index contributed by atoms with van der Waals surface area (Å²) in [4.78, 5) is 20.8. The number of hydrogen-bond acceptors (Lipinski definition) is 3. The Bertz CT molecular complexity index is 288. The van der Waals surface area contributed by atoms with Gasteiger partial charge < -0.3 is 0 Å². The van der Waals surface area contributed by atoms with Gasteiger partial charge in [0.25, 0.3) is 0 Å². The van der Waals surface area contributed by atoms with Gasteiger partial charge in [0, 0.05) is 14.1 Å². The van der Waals surface area contributed by atoms with Gasteiger partial charge in [0.15, 0.2) is 0 Å². The van der Waals surface area contributed by atoms with E-state index in [-0.39, 0.29) is 9.75 Å². The van der Waals surface area contributed by atoms with Crippen molar-refractivity contribution in [3.05, 3.63) is 19.3 Å². The van der Waals surface area contributed by atoms with Gasteiger partial charge in [-0.2, -0.15) is 0 Å². The third-order valence-corrected chi connectivity index (χ3v) is 2.03. The first-order chi connectivity index (χ1) is 4.13. The molecule has 0 unspecified atom stereocenters. The average molecular weight is 146 g/mol. The van der Waals surface area contributed by atoms with Crippen molar-refractivity contribution in [1.29, 1.82) is 0 Å². The Morgan fingerprint density at radius 1 is 1.11 bits per heavy atom. The second kappa shape index (κ2) is 1.84. The zero-order valence-corrected chi connectivity index (χ0v) is 5.94. The van der Waals surface area contributed by atoms with Crippen LogP contribution < -0.4 is 9.75 Å². The monoisotopic (exact) mass is 146 g/mol. The van der Waals surface area contributed by atoms with Crippen LogP contribution in [0.1, 0.15) is 0 Å². The molecule has 0 fully saturated rings. The molecule has 1 aromatic heterocycles. The lowest BCUT2D eigenvalue weighted by Gasteiger charge is -1.91. The predicted molar refractivity (Wildman–Crippen MR) is 34.8 cm³/mol. The highest BCUT2D eigenvalue weighted by atomic mass is 32.1. The van der Waals surface area contributed by atoms with Crippen molar-refractivity contribution in [3.8, 4) is 0 Å². The van der Waals surface area contributed by atoms with Gasteiger partial charge in [0.05, 0.1) is 0 Å². The molecule has 0 spiro atoms. The van der Waals surface area contributed by atoms with E-state index in [9.17, 15) is 9.59 Å². The average Bonchev–Trinajstić information content (AvgIpc) is 1.98. The van der Waals surface area contributed by atoms with E-state index < -0.39 is 0 Å². The second-order valence-electron chi connectivity index (χ2n) is 1.68. The van der Waals surface area contributed by atoms with Crippen LogP contribution in [0.5, 0.6) is 0 Å². The highest BCUT2D eigenvalue weighted by molar-refractivity contribution is 7.06. The molecule has 1 heterocycles. The Morgan fingerprint density at radius 2 is 1.44 bits per heavy atom. The molecule has 0 saturated carbocycles. The van der Waals surface area contributed by atoms with Crippen molar-refractivity contribution in [3.63, 3.8) is 0 Å². The Labute approximate surface area is 55.0 Å².